The van der Waals surface area contributed by atoms with E-state index in [-0.39, 0.29) is 30.9 Å². The first-order valence-electron chi connectivity index (χ1n) is 7.32. The number of rotatable bonds is 5. The first-order chi connectivity index (χ1) is 11.5. The highest BCUT2D eigenvalue weighted by Gasteiger charge is 2.10. The average molecular weight is 330 g/mol. The molecule has 0 aliphatic rings. The highest BCUT2D eigenvalue weighted by Crippen LogP contribution is 2.06. The van der Waals surface area contributed by atoms with Crippen LogP contribution in [0.4, 0.5) is 4.39 Å². The van der Waals surface area contributed by atoms with Gasteiger partial charge in [-0.25, -0.2) is 9.37 Å². The van der Waals surface area contributed by atoms with Crippen molar-refractivity contribution >= 4 is 17.0 Å². The van der Waals surface area contributed by atoms with E-state index < -0.39 is 5.97 Å². The van der Waals surface area contributed by atoms with Gasteiger partial charge in [0.15, 0.2) is 5.65 Å². The zero-order valence-electron chi connectivity index (χ0n) is 13.0. The summed E-state index contributed by atoms with van der Waals surface area (Å²) in [6.45, 7) is 0.229. The molecule has 3 aromatic rings. The van der Waals surface area contributed by atoms with Crippen molar-refractivity contribution < 1.29 is 13.9 Å². The highest BCUT2D eigenvalue weighted by atomic mass is 19.1. The van der Waals surface area contributed by atoms with Gasteiger partial charge in [-0.05, 0) is 17.7 Å². The van der Waals surface area contributed by atoms with Crippen LogP contribution in [0.3, 0.4) is 0 Å². The summed E-state index contributed by atoms with van der Waals surface area (Å²) in [6.07, 6.45) is 2.88. The fourth-order valence-electron chi connectivity index (χ4n) is 2.25. The Balaban J connectivity index is 1.59. The standard InChI is InChI=1S/C16H15FN4O3/c1-20-15-13(8-19-20)16(23)21(10-18-15)7-6-14(22)24-9-11-2-4-12(17)5-3-11/h2-5,8,10H,6-7,9H2,1H3. The van der Waals surface area contributed by atoms with Crippen LogP contribution in [0.25, 0.3) is 11.0 Å². The number of aryl methyl sites for hydroxylation is 2. The monoisotopic (exact) mass is 330 g/mol. The third kappa shape index (κ3) is 3.32. The second-order valence-corrected chi connectivity index (χ2v) is 5.29. The number of hydrogen-bond acceptors (Lipinski definition) is 5. The number of ether oxygens (including phenoxy) is 1. The van der Waals surface area contributed by atoms with Crippen molar-refractivity contribution in [1.29, 1.82) is 0 Å². The summed E-state index contributed by atoms with van der Waals surface area (Å²) in [5.41, 5.74) is 0.940. The summed E-state index contributed by atoms with van der Waals surface area (Å²) in [4.78, 5) is 28.2. The molecular formula is C16H15FN4O3. The normalized spacial score (nSPS) is 10.9. The first kappa shape index (κ1) is 15.9. The molecule has 0 radical (unpaired) electrons. The summed E-state index contributed by atoms with van der Waals surface area (Å²) in [5.74, 6) is -0.791. The molecule has 0 unspecified atom stereocenters. The van der Waals surface area contributed by atoms with E-state index in [1.54, 1.807) is 19.2 Å². The molecule has 3 rings (SSSR count). The van der Waals surface area contributed by atoms with E-state index in [2.05, 4.69) is 10.1 Å². The second kappa shape index (κ2) is 6.61. The molecule has 1 aromatic carbocycles. The van der Waals surface area contributed by atoms with Crippen molar-refractivity contribution in [2.75, 3.05) is 0 Å². The lowest BCUT2D eigenvalue weighted by atomic mass is 10.2. The molecule has 0 N–H and O–H groups in total. The first-order valence-corrected chi connectivity index (χ1v) is 7.32. The number of hydrogen-bond donors (Lipinski definition) is 0. The van der Waals surface area contributed by atoms with Gasteiger partial charge in [-0.2, -0.15) is 5.10 Å². The maximum Gasteiger partial charge on any atom is 0.307 e. The van der Waals surface area contributed by atoms with Crippen molar-refractivity contribution in [2.45, 2.75) is 19.6 Å². The predicted octanol–water partition coefficient (Wildman–Crippen LogP) is 1.40. The number of carbonyl (C=O) groups is 1. The molecule has 8 heteroatoms. The smallest absolute Gasteiger partial charge is 0.307 e. The van der Waals surface area contributed by atoms with Crippen LogP contribution in [-0.2, 0) is 29.7 Å². The van der Waals surface area contributed by atoms with Gasteiger partial charge >= 0.3 is 5.97 Å². The van der Waals surface area contributed by atoms with Crippen LogP contribution in [-0.4, -0.2) is 25.3 Å². The molecule has 2 heterocycles. The Bertz CT molecular complexity index is 931. The fraction of sp³-hybridized carbons (Fsp3) is 0.250. The fourth-order valence-corrected chi connectivity index (χ4v) is 2.25. The minimum Gasteiger partial charge on any atom is -0.461 e. The molecule has 0 atom stereocenters. The van der Waals surface area contributed by atoms with Gasteiger partial charge in [-0.1, -0.05) is 12.1 Å². The third-order valence-corrected chi connectivity index (χ3v) is 3.59. The Kier molecular flexibility index (Phi) is 4.37. The zero-order chi connectivity index (χ0) is 17.1. The van der Waals surface area contributed by atoms with E-state index in [9.17, 15) is 14.0 Å². The van der Waals surface area contributed by atoms with Gasteiger partial charge in [0.05, 0.1) is 18.9 Å². The van der Waals surface area contributed by atoms with Crippen LogP contribution in [0.5, 0.6) is 0 Å². The zero-order valence-corrected chi connectivity index (χ0v) is 13.0. The number of carbonyl (C=O) groups excluding carboxylic acids is 1. The van der Waals surface area contributed by atoms with Crippen molar-refractivity contribution in [1.82, 2.24) is 19.3 Å². The van der Waals surface area contributed by atoms with Gasteiger partial charge in [0, 0.05) is 13.6 Å². The SMILES string of the molecule is Cn1ncc2c(=O)n(CCC(=O)OCc3ccc(F)cc3)cnc21. The summed E-state index contributed by atoms with van der Waals surface area (Å²) < 4.78 is 20.8. The van der Waals surface area contributed by atoms with E-state index >= 15 is 0 Å². The largest absolute Gasteiger partial charge is 0.461 e. The summed E-state index contributed by atoms with van der Waals surface area (Å²) in [7, 11) is 1.70. The summed E-state index contributed by atoms with van der Waals surface area (Å²) in [5, 5.41) is 4.39. The molecule has 0 saturated heterocycles. The lowest BCUT2D eigenvalue weighted by Gasteiger charge is -2.07. The van der Waals surface area contributed by atoms with Crippen LogP contribution >= 0.6 is 0 Å². The van der Waals surface area contributed by atoms with Crippen LogP contribution in [0, 0.1) is 5.82 Å². The van der Waals surface area contributed by atoms with Gasteiger partial charge in [-0.3, -0.25) is 18.8 Å². The van der Waals surface area contributed by atoms with Crippen molar-refractivity contribution in [3.63, 3.8) is 0 Å². The van der Waals surface area contributed by atoms with Crippen molar-refractivity contribution in [3.8, 4) is 0 Å². The van der Waals surface area contributed by atoms with E-state index in [0.29, 0.717) is 16.6 Å². The number of nitrogens with zero attached hydrogens (tertiary/aromatic N) is 4. The third-order valence-electron chi connectivity index (χ3n) is 3.59. The van der Waals surface area contributed by atoms with Crippen LogP contribution in [0.15, 0.2) is 41.6 Å². The molecule has 0 fully saturated rings. The summed E-state index contributed by atoms with van der Waals surface area (Å²) in [6, 6.07) is 5.70. The predicted molar refractivity (Wildman–Crippen MR) is 83.6 cm³/mol. The molecule has 0 bridgehead atoms. The summed E-state index contributed by atoms with van der Waals surface area (Å²) >= 11 is 0. The Morgan fingerprint density at radius 3 is 2.79 bits per heavy atom. The van der Waals surface area contributed by atoms with Crippen molar-refractivity contribution in [3.05, 3.63) is 58.5 Å². The van der Waals surface area contributed by atoms with Gasteiger partial charge in [0.25, 0.3) is 5.56 Å². The minimum absolute atomic E-state index is 0.0363. The Morgan fingerprint density at radius 2 is 2.04 bits per heavy atom. The molecule has 0 aliphatic carbocycles. The Morgan fingerprint density at radius 1 is 1.29 bits per heavy atom. The van der Waals surface area contributed by atoms with Gasteiger partial charge in [-0.15, -0.1) is 0 Å². The van der Waals surface area contributed by atoms with Crippen LogP contribution in [0.1, 0.15) is 12.0 Å². The van der Waals surface area contributed by atoms with E-state index in [0.717, 1.165) is 0 Å². The number of benzene rings is 1. The molecule has 7 nitrogen and oxygen atoms in total. The molecule has 0 aliphatic heterocycles. The van der Waals surface area contributed by atoms with Crippen molar-refractivity contribution in [2.24, 2.45) is 7.05 Å². The quantitative estimate of drug-likeness (QED) is 0.661. The molecule has 0 amide bonds. The Hall–Kier alpha value is -3.03. The lowest BCUT2D eigenvalue weighted by molar-refractivity contribution is -0.145. The van der Waals surface area contributed by atoms with E-state index in [1.165, 1.54) is 33.9 Å². The van der Waals surface area contributed by atoms with Gasteiger partial charge < -0.3 is 4.74 Å². The van der Waals surface area contributed by atoms with E-state index in [4.69, 9.17) is 4.74 Å². The maximum atomic E-state index is 12.8. The Labute approximate surface area is 136 Å². The molecule has 0 saturated carbocycles. The number of halogens is 1. The minimum atomic E-state index is -0.447. The number of esters is 1. The van der Waals surface area contributed by atoms with E-state index in [1.807, 2.05) is 0 Å². The number of aromatic nitrogens is 4. The molecule has 124 valence electrons. The molecule has 2 aromatic heterocycles. The second-order valence-electron chi connectivity index (χ2n) is 5.29. The molecule has 0 spiro atoms. The van der Waals surface area contributed by atoms with Crippen LogP contribution < -0.4 is 5.56 Å². The maximum absolute atomic E-state index is 12.8. The van der Waals surface area contributed by atoms with Crippen LogP contribution in [0.2, 0.25) is 0 Å². The number of fused-ring (bicyclic) bond motifs is 1. The topological polar surface area (TPSA) is 79.0 Å². The highest BCUT2D eigenvalue weighted by molar-refractivity contribution is 5.73. The molecule has 24 heavy (non-hydrogen) atoms. The van der Waals surface area contributed by atoms with Gasteiger partial charge in [0.2, 0.25) is 0 Å². The average Bonchev–Trinajstić information content (AvgIpc) is 2.96. The van der Waals surface area contributed by atoms with Gasteiger partial charge in [0.1, 0.15) is 17.8 Å². The molecular weight excluding hydrogens is 315 g/mol. The lowest BCUT2D eigenvalue weighted by Crippen LogP contribution is -2.22.